The third kappa shape index (κ3) is 4.77. The van der Waals surface area contributed by atoms with Crippen LogP contribution in [-0.2, 0) is 21.3 Å². The fraction of sp³-hybridized carbons (Fsp3) is 0.250. The Balaban J connectivity index is 1.73. The summed E-state index contributed by atoms with van der Waals surface area (Å²) in [5, 5.41) is 5.33. The van der Waals surface area contributed by atoms with Crippen LogP contribution in [-0.4, -0.2) is 52.5 Å². The van der Waals surface area contributed by atoms with E-state index in [1.807, 2.05) is 0 Å². The molecular formula is C16H16Se4. The Bertz CT molecular complexity index is 474. The summed E-state index contributed by atoms with van der Waals surface area (Å²) in [6.45, 7) is 0. The molecule has 0 spiro atoms. The Kier molecular flexibility index (Phi) is 6.34. The first-order valence-electron chi connectivity index (χ1n) is 6.54. The molecule has 0 atom stereocenters. The minimum atomic E-state index is 0.806. The van der Waals surface area contributed by atoms with E-state index < -0.39 is 0 Å². The summed E-state index contributed by atoms with van der Waals surface area (Å²) in [5.41, 5.74) is 6.33. The predicted molar refractivity (Wildman–Crippen MR) is 90.7 cm³/mol. The zero-order valence-electron chi connectivity index (χ0n) is 11.1. The monoisotopic (exact) mass is 528 g/mol. The second kappa shape index (κ2) is 8.23. The molecule has 4 bridgehead atoms. The number of hydrogen-bond donors (Lipinski definition) is 0. The Labute approximate surface area is 143 Å². The van der Waals surface area contributed by atoms with Crippen molar-refractivity contribution in [1.29, 1.82) is 0 Å². The van der Waals surface area contributed by atoms with Gasteiger partial charge in [0.25, 0.3) is 0 Å². The molecule has 3 rings (SSSR count). The summed E-state index contributed by atoms with van der Waals surface area (Å²) in [4.78, 5) is 0. The van der Waals surface area contributed by atoms with Crippen LogP contribution in [0, 0.1) is 0 Å². The van der Waals surface area contributed by atoms with Crippen molar-refractivity contribution in [2.45, 2.75) is 21.3 Å². The molecule has 104 valence electrons. The van der Waals surface area contributed by atoms with Crippen molar-refractivity contribution < 1.29 is 0 Å². The standard InChI is InChI=1S/C16H16Se4/c1-3-13-7-14(4-1)10-18-20-12-16-6-2-5-15(8-16)11-19-17-9-13/h1-8H,9-12H2. The van der Waals surface area contributed by atoms with Crippen molar-refractivity contribution in [3.8, 4) is 0 Å². The maximum absolute atomic E-state index is 2.47. The van der Waals surface area contributed by atoms with E-state index in [1.165, 1.54) is 21.3 Å². The van der Waals surface area contributed by atoms with Crippen molar-refractivity contribution in [2.75, 3.05) is 0 Å². The van der Waals surface area contributed by atoms with Gasteiger partial charge in [-0.25, -0.2) is 0 Å². The fourth-order valence-electron chi connectivity index (χ4n) is 2.06. The van der Waals surface area contributed by atoms with E-state index in [2.05, 4.69) is 48.5 Å². The van der Waals surface area contributed by atoms with Crippen molar-refractivity contribution in [1.82, 2.24) is 0 Å². The van der Waals surface area contributed by atoms with E-state index in [9.17, 15) is 0 Å². The van der Waals surface area contributed by atoms with Gasteiger partial charge >= 0.3 is 145 Å². The molecule has 1 heterocycles. The molecule has 2 aromatic carbocycles. The molecule has 2 aromatic rings. The average molecular weight is 524 g/mol. The summed E-state index contributed by atoms with van der Waals surface area (Å²) in [6, 6.07) is 18.8. The molecule has 1 aliphatic heterocycles. The van der Waals surface area contributed by atoms with Gasteiger partial charge in [0.05, 0.1) is 0 Å². The molecule has 0 N–H and O–H groups in total. The van der Waals surface area contributed by atoms with E-state index in [1.54, 1.807) is 22.3 Å². The Hall–Kier alpha value is 0.518. The summed E-state index contributed by atoms with van der Waals surface area (Å²) in [6.07, 6.45) is 0. The van der Waals surface area contributed by atoms with E-state index in [0.29, 0.717) is 0 Å². The molecule has 0 unspecified atom stereocenters. The van der Waals surface area contributed by atoms with Gasteiger partial charge in [-0.05, 0) is 0 Å². The Morgan fingerprint density at radius 2 is 0.800 bits per heavy atom. The number of rotatable bonds is 0. The van der Waals surface area contributed by atoms with E-state index >= 15 is 0 Å². The van der Waals surface area contributed by atoms with Crippen LogP contribution in [0.3, 0.4) is 0 Å². The van der Waals surface area contributed by atoms with Crippen LogP contribution >= 0.6 is 0 Å². The summed E-state index contributed by atoms with van der Waals surface area (Å²) in [5.74, 6) is 0. The molecule has 0 radical (unpaired) electrons. The summed E-state index contributed by atoms with van der Waals surface area (Å²) < 4.78 is 0. The third-order valence-electron chi connectivity index (χ3n) is 3.05. The van der Waals surface area contributed by atoms with Gasteiger partial charge < -0.3 is 0 Å². The first kappa shape index (κ1) is 15.4. The van der Waals surface area contributed by atoms with Crippen molar-refractivity contribution in [3.05, 3.63) is 70.8 Å². The third-order valence-corrected chi connectivity index (χ3v) is 16.3. The topological polar surface area (TPSA) is 0 Å². The van der Waals surface area contributed by atoms with E-state index in [0.717, 1.165) is 52.5 Å². The Morgan fingerprint density at radius 1 is 0.500 bits per heavy atom. The quantitative estimate of drug-likeness (QED) is 0.464. The number of fused-ring (bicyclic) bond motifs is 4. The molecule has 0 aromatic heterocycles. The molecule has 0 saturated heterocycles. The van der Waals surface area contributed by atoms with Gasteiger partial charge in [-0.2, -0.15) is 0 Å². The maximum atomic E-state index is 2.47. The molecule has 1 aliphatic rings. The number of hydrogen-bond acceptors (Lipinski definition) is 0. The van der Waals surface area contributed by atoms with Crippen LogP contribution in [0.2, 0.25) is 0 Å². The fourth-order valence-corrected chi connectivity index (χ4v) is 15.0. The SMILES string of the molecule is c1cc2cc(c1)C[Se][Se]Cc1cccc(c1)C[Se][Se]C2. The zero-order valence-corrected chi connectivity index (χ0v) is 17.9. The molecular weight excluding hydrogens is 508 g/mol. The molecule has 0 nitrogen and oxygen atoms in total. The normalized spacial score (nSPS) is 16.4. The minimum absolute atomic E-state index is 0.806. The van der Waals surface area contributed by atoms with Crippen LogP contribution in [0.5, 0.6) is 0 Å². The summed E-state index contributed by atoms with van der Waals surface area (Å²) >= 11 is 3.23. The second-order valence-corrected chi connectivity index (χ2v) is 19.4. The molecule has 0 aliphatic carbocycles. The predicted octanol–water partition coefficient (Wildman–Crippen LogP) is 2.05. The molecule has 0 saturated carbocycles. The van der Waals surface area contributed by atoms with Gasteiger partial charge in [-0.15, -0.1) is 0 Å². The van der Waals surface area contributed by atoms with Gasteiger partial charge in [0.1, 0.15) is 0 Å². The van der Waals surface area contributed by atoms with E-state index in [4.69, 9.17) is 0 Å². The molecule has 0 amide bonds. The molecule has 0 fully saturated rings. The van der Waals surface area contributed by atoms with Crippen LogP contribution in [0.1, 0.15) is 22.3 Å². The number of benzene rings is 2. The van der Waals surface area contributed by atoms with Crippen molar-refractivity contribution in [2.24, 2.45) is 0 Å². The van der Waals surface area contributed by atoms with Crippen molar-refractivity contribution in [3.63, 3.8) is 0 Å². The van der Waals surface area contributed by atoms with Gasteiger partial charge in [-0.3, -0.25) is 0 Å². The van der Waals surface area contributed by atoms with Crippen LogP contribution in [0.25, 0.3) is 0 Å². The van der Waals surface area contributed by atoms with Crippen LogP contribution in [0.15, 0.2) is 48.5 Å². The van der Waals surface area contributed by atoms with Crippen LogP contribution in [0.4, 0.5) is 0 Å². The van der Waals surface area contributed by atoms with Crippen molar-refractivity contribution >= 4 is 52.5 Å². The average Bonchev–Trinajstić information content (AvgIpc) is 2.48. The molecule has 20 heavy (non-hydrogen) atoms. The summed E-state index contributed by atoms with van der Waals surface area (Å²) in [7, 11) is 0. The Morgan fingerprint density at radius 3 is 1.10 bits per heavy atom. The first-order valence-corrected chi connectivity index (χ1v) is 20.1. The second-order valence-electron chi connectivity index (χ2n) is 4.69. The van der Waals surface area contributed by atoms with Gasteiger partial charge in [-0.1, -0.05) is 0 Å². The zero-order chi connectivity index (χ0) is 13.6. The van der Waals surface area contributed by atoms with Gasteiger partial charge in [0.15, 0.2) is 0 Å². The van der Waals surface area contributed by atoms with E-state index in [-0.39, 0.29) is 0 Å². The van der Waals surface area contributed by atoms with Gasteiger partial charge in [0.2, 0.25) is 0 Å². The molecule has 4 heteroatoms. The van der Waals surface area contributed by atoms with Crippen LogP contribution < -0.4 is 0 Å². The first-order chi connectivity index (χ1) is 9.90. The van der Waals surface area contributed by atoms with Gasteiger partial charge in [0, 0.05) is 0 Å².